The average Bonchev–Trinajstić information content (AvgIpc) is 2.16. The summed E-state index contributed by atoms with van der Waals surface area (Å²) in [6.45, 7) is -1.72. The molecular formula is C8H10NO5PS. The van der Waals surface area contributed by atoms with E-state index in [1.54, 1.807) is 6.92 Å². The predicted molar refractivity (Wildman–Crippen MR) is 62.0 cm³/mol. The summed E-state index contributed by atoms with van der Waals surface area (Å²) >= 11 is 4.64. The molecule has 0 radical (unpaired) electrons. The van der Waals surface area contributed by atoms with Gasteiger partial charge in [0.2, 0.25) is 0 Å². The maximum Gasteiger partial charge on any atom is 0.377 e. The normalized spacial score (nSPS) is 14.2. The molecule has 1 unspecified atom stereocenters. The van der Waals surface area contributed by atoms with Gasteiger partial charge in [-0.2, -0.15) is 0 Å². The number of nitro benzene ring substituents is 1. The number of nitrogens with zero attached hydrogens (tertiary/aromatic N) is 1. The highest BCUT2D eigenvalue weighted by atomic mass is 32.5. The molecule has 0 fully saturated rings. The smallest absolute Gasteiger partial charge is 0.377 e. The van der Waals surface area contributed by atoms with Crippen molar-refractivity contribution in [3.63, 3.8) is 0 Å². The molecular weight excluding hydrogens is 253 g/mol. The molecule has 0 aliphatic heterocycles. The van der Waals surface area contributed by atoms with Crippen LogP contribution in [0.4, 0.5) is 5.69 Å². The van der Waals surface area contributed by atoms with Crippen molar-refractivity contribution in [1.29, 1.82) is 0 Å². The Hall–Kier alpha value is -1.01. The molecule has 0 spiro atoms. The zero-order valence-corrected chi connectivity index (χ0v) is 10.3. The topological polar surface area (TPSA) is 81.8 Å². The quantitative estimate of drug-likeness (QED) is 0.509. The van der Waals surface area contributed by atoms with Crippen molar-refractivity contribution in [1.82, 2.24) is 0 Å². The fourth-order valence-corrected chi connectivity index (χ4v) is 1.77. The molecule has 16 heavy (non-hydrogen) atoms. The van der Waals surface area contributed by atoms with E-state index in [2.05, 4.69) is 16.3 Å². The summed E-state index contributed by atoms with van der Waals surface area (Å²) in [5.41, 5.74) is 0.407. The van der Waals surface area contributed by atoms with Gasteiger partial charge in [0.15, 0.2) is 0 Å². The Bertz CT molecular complexity index is 464. The Kier molecular flexibility index (Phi) is 3.98. The van der Waals surface area contributed by atoms with E-state index in [9.17, 15) is 15.0 Å². The number of rotatable bonds is 4. The summed E-state index contributed by atoms with van der Waals surface area (Å²) in [6.07, 6.45) is 0. The Morgan fingerprint density at radius 1 is 1.56 bits per heavy atom. The lowest BCUT2D eigenvalue weighted by Gasteiger charge is -2.14. The fourth-order valence-electron chi connectivity index (χ4n) is 1.06. The van der Waals surface area contributed by atoms with Crippen LogP contribution in [0.15, 0.2) is 18.2 Å². The maximum atomic E-state index is 10.6. The van der Waals surface area contributed by atoms with Gasteiger partial charge < -0.3 is 13.9 Å². The van der Waals surface area contributed by atoms with Crippen LogP contribution in [0.25, 0.3) is 0 Å². The number of benzene rings is 1. The highest BCUT2D eigenvalue weighted by Gasteiger charge is 2.17. The molecule has 88 valence electrons. The van der Waals surface area contributed by atoms with Crippen LogP contribution < -0.4 is 4.52 Å². The molecule has 0 aromatic heterocycles. The standard InChI is InChI=1S/C8H10NO5PS/c1-6-5-7(14-15(12,16)13-2)3-4-8(6)9(10)11/h3-5H,1-2H3,(H,12,16). The lowest BCUT2D eigenvalue weighted by Crippen LogP contribution is -1.95. The zero-order chi connectivity index (χ0) is 12.3. The summed E-state index contributed by atoms with van der Waals surface area (Å²) in [4.78, 5) is 19.4. The van der Waals surface area contributed by atoms with Crippen LogP contribution in [-0.2, 0) is 16.3 Å². The minimum atomic E-state index is -3.29. The first kappa shape index (κ1) is 13.1. The molecule has 1 aromatic carbocycles. The van der Waals surface area contributed by atoms with Crippen molar-refractivity contribution in [2.45, 2.75) is 6.92 Å². The monoisotopic (exact) mass is 263 g/mol. The number of hydrogen-bond acceptors (Lipinski definition) is 5. The van der Waals surface area contributed by atoms with Crippen LogP contribution in [0.1, 0.15) is 5.56 Å². The summed E-state index contributed by atoms with van der Waals surface area (Å²) in [5.74, 6) is 0.246. The van der Waals surface area contributed by atoms with Crippen molar-refractivity contribution < 1.29 is 18.9 Å². The van der Waals surface area contributed by atoms with Gasteiger partial charge >= 0.3 is 6.72 Å². The molecule has 1 atom stereocenters. The Balaban J connectivity index is 2.98. The maximum absolute atomic E-state index is 10.6. The fraction of sp³-hybridized carbons (Fsp3) is 0.250. The third-order valence-corrected chi connectivity index (χ3v) is 3.39. The Labute approximate surface area is 97.2 Å². The molecule has 0 saturated carbocycles. The van der Waals surface area contributed by atoms with Gasteiger partial charge in [0.05, 0.1) is 4.92 Å². The van der Waals surface area contributed by atoms with E-state index < -0.39 is 11.6 Å². The van der Waals surface area contributed by atoms with Gasteiger partial charge in [-0.25, -0.2) is 0 Å². The lowest BCUT2D eigenvalue weighted by molar-refractivity contribution is -0.385. The molecule has 0 bridgehead atoms. The molecule has 0 aliphatic rings. The van der Waals surface area contributed by atoms with Gasteiger partial charge in [-0.15, -0.1) is 0 Å². The van der Waals surface area contributed by atoms with Gasteiger partial charge in [0.25, 0.3) is 5.69 Å². The van der Waals surface area contributed by atoms with Gasteiger partial charge in [-0.05, 0) is 19.1 Å². The molecule has 1 aromatic rings. The molecule has 0 amide bonds. The van der Waals surface area contributed by atoms with Crippen molar-refractivity contribution in [2.24, 2.45) is 0 Å². The van der Waals surface area contributed by atoms with Gasteiger partial charge in [-0.3, -0.25) is 10.1 Å². The minimum absolute atomic E-state index is 0.0176. The van der Waals surface area contributed by atoms with E-state index in [0.29, 0.717) is 5.56 Å². The second kappa shape index (κ2) is 4.88. The predicted octanol–water partition coefficient (Wildman–Crippen LogP) is 2.15. The third kappa shape index (κ3) is 3.24. The summed E-state index contributed by atoms with van der Waals surface area (Å²) in [5, 5.41) is 10.6. The molecule has 0 heterocycles. The van der Waals surface area contributed by atoms with Crippen molar-refractivity contribution >= 4 is 24.2 Å². The first-order valence-electron chi connectivity index (χ1n) is 4.19. The zero-order valence-electron chi connectivity index (χ0n) is 8.61. The molecule has 0 saturated heterocycles. The largest absolute Gasteiger partial charge is 0.424 e. The van der Waals surface area contributed by atoms with E-state index in [4.69, 9.17) is 4.52 Å². The summed E-state index contributed by atoms with van der Waals surface area (Å²) in [6, 6.07) is 4.07. The Morgan fingerprint density at radius 3 is 2.62 bits per heavy atom. The molecule has 1 N–H and O–H groups in total. The van der Waals surface area contributed by atoms with E-state index in [1.807, 2.05) is 0 Å². The van der Waals surface area contributed by atoms with Crippen LogP contribution in [-0.4, -0.2) is 16.9 Å². The molecule has 6 nitrogen and oxygen atoms in total. The van der Waals surface area contributed by atoms with Gasteiger partial charge in [-0.1, -0.05) is 0 Å². The van der Waals surface area contributed by atoms with Crippen LogP contribution >= 0.6 is 6.72 Å². The van der Waals surface area contributed by atoms with E-state index in [0.717, 1.165) is 0 Å². The molecule has 1 rings (SSSR count). The van der Waals surface area contributed by atoms with Crippen molar-refractivity contribution in [2.75, 3.05) is 7.11 Å². The SMILES string of the molecule is COP(O)(=S)Oc1ccc([N+](=O)[O-])c(C)c1. The second-order valence-corrected chi connectivity index (χ2v) is 5.82. The van der Waals surface area contributed by atoms with E-state index in [1.165, 1.54) is 25.3 Å². The van der Waals surface area contributed by atoms with Gasteiger partial charge in [0.1, 0.15) is 5.75 Å². The number of hydrogen-bond donors (Lipinski definition) is 1. The molecule has 0 aliphatic carbocycles. The lowest BCUT2D eigenvalue weighted by atomic mass is 10.2. The van der Waals surface area contributed by atoms with Gasteiger partial charge in [0, 0.05) is 30.5 Å². The highest BCUT2D eigenvalue weighted by molar-refractivity contribution is 8.07. The first-order chi connectivity index (χ1) is 7.35. The second-order valence-electron chi connectivity index (χ2n) is 2.95. The van der Waals surface area contributed by atoms with Crippen molar-refractivity contribution in [3.05, 3.63) is 33.9 Å². The van der Waals surface area contributed by atoms with Crippen LogP contribution in [0.5, 0.6) is 5.75 Å². The van der Waals surface area contributed by atoms with E-state index in [-0.39, 0.29) is 11.4 Å². The minimum Gasteiger partial charge on any atom is -0.424 e. The number of aryl methyl sites for hydroxylation is 1. The summed E-state index contributed by atoms with van der Waals surface area (Å²) in [7, 11) is 1.24. The Morgan fingerprint density at radius 2 is 2.19 bits per heavy atom. The number of nitro groups is 1. The van der Waals surface area contributed by atoms with Crippen molar-refractivity contribution in [3.8, 4) is 5.75 Å². The van der Waals surface area contributed by atoms with Crippen LogP contribution in [0, 0.1) is 17.0 Å². The van der Waals surface area contributed by atoms with Crippen LogP contribution in [0.3, 0.4) is 0 Å². The molecule has 8 heteroatoms. The third-order valence-electron chi connectivity index (χ3n) is 1.82. The van der Waals surface area contributed by atoms with Crippen LogP contribution in [0.2, 0.25) is 0 Å². The summed E-state index contributed by atoms with van der Waals surface area (Å²) < 4.78 is 9.59. The first-order valence-corrected chi connectivity index (χ1v) is 6.78. The van der Waals surface area contributed by atoms with E-state index >= 15 is 0 Å². The highest BCUT2D eigenvalue weighted by Crippen LogP contribution is 2.43. The average molecular weight is 263 g/mol.